The summed E-state index contributed by atoms with van der Waals surface area (Å²) in [6.45, 7) is 1.17. The molecule has 0 aromatic heterocycles. The van der Waals surface area contributed by atoms with Crippen molar-refractivity contribution < 1.29 is 14.2 Å². The molecule has 1 aliphatic heterocycles. The van der Waals surface area contributed by atoms with Crippen molar-refractivity contribution in [3.63, 3.8) is 0 Å². The van der Waals surface area contributed by atoms with Crippen molar-refractivity contribution in [2.75, 3.05) is 27.8 Å². The molecule has 0 bridgehead atoms. The van der Waals surface area contributed by atoms with Crippen LogP contribution in [0.4, 0.5) is 0 Å². The highest BCUT2D eigenvalue weighted by molar-refractivity contribution is 5.45. The molecule has 1 saturated heterocycles. The molecule has 2 unspecified atom stereocenters. The topological polar surface area (TPSA) is 30.9 Å². The summed E-state index contributed by atoms with van der Waals surface area (Å²) >= 11 is 0. The lowest BCUT2D eigenvalue weighted by Gasteiger charge is -2.35. The van der Waals surface area contributed by atoms with E-state index in [1.165, 1.54) is 31.4 Å². The molecule has 140 valence electrons. The lowest BCUT2D eigenvalue weighted by molar-refractivity contribution is 0.109. The first-order valence-corrected chi connectivity index (χ1v) is 9.35. The third-order valence-electron chi connectivity index (χ3n) is 5.21. The van der Waals surface area contributed by atoms with Crippen LogP contribution in [0.1, 0.15) is 37.4 Å². The third kappa shape index (κ3) is 4.50. The molecule has 0 saturated carbocycles. The van der Waals surface area contributed by atoms with Crippen molar-refractivity contribution >= 4 is 0 Å². The van der Waals surface area contributed by atoms with Gasteiger partial charge in [0, 0.05) is 18.5 Å². The molecule has 3 rings (SSSR count). The summed E-state index contributed by atoms with van der Waals surface area (Å²) in [6.07, 6.45) is 4.82. The second-order valence-corrected chi connectivity index (χ2v) is 6.90. The first-order valence-electron chi connectivity index (χ1n) is 9.35. The highest BCUT2D eigenvalue weighted by Gasteiger charge is 2.25. The summed E-state index contributed by atoms with van der Waals surface area (Å²) in [5.74, 6) is 2.20. The molecule has 2 aromatic carbocycles. The maximum atomic E-state index is 6.43. The number of piperidine rings is 1. The third-order valence-corrected chi connectivity index (χ3v) is 5.21. The average Bonchev–Trinajstić information content (AvgIpc) is 2.69. The number of ether oxygens (including phenoxy) is 3. The van der Waals surface area contributed by atoms with E-state index in [4.69, 9.17) is 14.2 Å². The van der Waals surface area contributed by atoms with Gasteiger partial charge in [0.25, 0.3) is 0 Å². The van der Waals surface area contributed by atoms with E-state index >= 15 is 0 Å². The highest BCUT2D eigenvalue weighted by atomic mass is 16.5. The smallest absolute Gasteiger partial charge is 0.164 e. The molecule has 1 heterocycles. The van der Waals surface area contributed by atoms with Crippen molar-refractivity contribution in [3.8, 4) is 17.2 Å². The van der Waals surface area contributed by atoms with E-state index in [9.17, 15) is 0 Å². The molecule has 1 aliphatic rings. The van der Waals surface area contributed by atoms with Crippen LogP contribution in [-0.4, -0.2) is 38.8 Å². The normalized spacial score (nSPS) is 19.0. The standard InChI is InChI=1S/C22H29NO3/c1-23-14-8-7-11-18(23)15-21(17-9-5-4-6-10-17)26-19-12-13-20(24-2)22(16-19)25-3/h4-6,9-10,12-13,16,18,21H,7-8,11,14-15H2,1-3H3. The fourth-order valence-electron chi connectivity index (χ4n) is 3.66. The fourth-order valence-corrected chi connectivity index (χ4v) is 3.66. The Bertz CT molecular complexity index is 689. The number of methoxy groups -OCH3 is 2. The van der Waals surface area contributed by atoms with Crippen LogP contribution in [0.2, 0.25) is 0 Å². The van der Waals surface area contributed by atoms with Crippen molar-refractivity contribution in [1.82, 2.24) is 4.90 Å². The number of benzene rings is 2. The van der Waals surface area contributed by atoms with Crippen LogP contribution in [0.5, 0.6) is 17.2 Å². The van der Waals surface area contributed by atoms with E-state index in [1.54, 1.807) is 14.2 Å². The molecule has 0 amide bonds. The molecular formula is C22H29NO3. The van der Waals surface area contributed by atoms with E-state index in [0.29, 0.717) is 17.5 Å². The van der Waals surface area contributed by atoms with Gasteiger partial charge in [-0.15, -0.1) is 0 Å². The predicted molar refractivity (Wildman–Crippen MR) is 104 cm³/mol. The van der Waals surface area contributed by atoms with Crippen molar-refractivity contribution in [1.29, 1.82) is 0 Å². The second-order valence-electron chi connectivity index (χ2n) is 6.90. The lowest BCUT2D eigenvalue weighted by atomic mass is 9.94. The van der Waals surface area contributed by atoms with E-state index < -0.39 is 0 Å². The van der Waals surface area contributed by atoms with Gasteiger partial charge in [0.15, 0.2) is 11.5 Å². The molecule has 0 spiro atoms. The highest BCUT2D eigenvalue weighted by Crippen LogP contribution is 2.35. The maximum absolute atomic E-state index is 6.43. The first-order chi connectivity index (χ1) is 12.7. The molecule has 0 N–H and O–H groups in total. The van der Waals surface area contributed by atoms with Gasteiger partial charge in [-0.25, -0.2) is 0 Å². The number of nitrogens with zero attached hydrogens (tertiary/aromatic N) is 1. The predicted octanol–water partition coefficient (Wildman–Crippen LogP) is 4.70. The summed E-state index contributed by atoms with van der Waals surface area (Å²) in [4.78, 5) is 2.47. The monoisotopic (exact) mass is 355 g/mol. The van der Waals surface area contributed by atoms with Crippen LogP contribution < -0.4 is 14.2 Å². The zero-order valence-electron chi connectivity index (χ0n) is 16.0. The second kappa shape index (κ2) is 8.95. The minimum atomic E-state index is 0.0138. The van der Waals surface area contributed by atoms with Crippen LogP contribution in [0, 0.1) is 0 Å². The Morgan fingerprint density at radius 2 is 1.77 bits per heavy atom. The molecule has 2 atom stereocenters. The maximum Gasteiger partial charge on any atom is 0.164 e. The molecule has 4 nitrogen and oxygen atoms in total. The largest absolute Gasteiger partial charge is 0.493 e. The van der Waals surface area contributed by atoms with Crippen LogP contribution in [-0.2, 0) is 0 Å². The van der Waals surface area contributed by atoms with Crippen molar-refractivity contribution in [2.24, 2.45) is 0 Å². The average molecular weight is 355 g/mol. The fraction of sp³-hybridized carbons (Fsp3) is 0.455. The molecule has 2 aromatic rings. The summed E-state index contributed by atoms with van der Waals surface area (Å²) in [7, 11) is 5.51. The van der Waals surface area contributed by atoms with Gasteiger partial charge in [-0.05, 0) is 44.1 Å². The van der Waals surface area contributed by atoms with Crippen LogP contribution in [0.15, 0.2) is 48.5 Å². The van der Waals surface area contributed by atoms with Gasteiger partial charge < -0.3 is 19.1 Å². The molecular weight excluding hydrogens is 326 g/mol. The van der Waals surface area contributed by atoms with Gasteiger partial charge >= 0.3 is 0 Å². The molecule has 0 radical (unpaired) electrons. The summed E-state index contributed by atoms with van der Waals surface area (Å²) in [5, 5.41) is 0. The summed E-state index contributed by atoms with van der Waals surface area (Å²) in [5.41, 5.74) is 1.21. The van der Waals surface area contributed by atoms with E-state index in [-0.39, 0.29) is 6.10 Å². The number of likely N-dealkylation sites (tertiary alicyclic amines) is 1. The Labute approximate surface area is 156 Å². The van der Waals surface area contributed by atoms with Gasteiger partial charge in [0.2, 0.25) is 0 Å². The Balaban J connectivity index is 1.81. The summed E-state index contributed by atoms with van der Waals surface area (Å²) in [6, 6.07) is 16.8. The Morgan fingerprint density at radius 1 is 1.00 bits per heavy atom. The molecule has 4 heteroatoms. The van der Waals surface area contributed by atoms with Crippen LogP contribution in [0.25, 0.3) is 0 Å². The van der Waals surface area contributed by atoms with E-state index in [2.05, 4.69) is 36.2 Å². The van der Waals surface area contributed by atoms with Crippen LogP contribution in [0.3, 0.4) is 0 Å². The quantitative estimate of drug-likeness (QED) is 0.720. The Hall–Kier alpha value is -2.20. The Morgan fingerprint density at radius 3 is 2.46 bits per heavy atom. The van der Waals surface area contributed by atoms with Gasteiger partial charge in [0.05, 0.1) is 14.2 Å². The van der Waals surface area contributed by atoms with Crippen molar-refractivity contribution in [3.05, 3.63) is 54.1 Å². The van der Waals surface area contributed by atoms with Gasteiger partial charge in [-0.2, -0.15) is 0 Å². The SMILES string of the molecule is COc1ccc(OC(CC2CCCCN2C)c2ccccc2)cc1OC. The first kappa shape index (κ1) is 18.6. The van der Waals surface area contributed by atoms with Gasteiger partial charge in [-0.3, -0.25) is 0 Å². The zero-order valence-corrected chi connectivity index (χ0v) is 16.0. The zero-order chi connectivity index (χ0) is 18.4. The number of hydrogen-bond donors (Lipinski definition) is 0. The van der Waals surface area contributed by atoms with Gasteiger partial charge in [-0.1, -0.05) is 36.8 Å². The molecule has 0 aliphatic carbocycles. The Kier molecular flexibility index (Phi) is 6.40. The minimum Gasteiger partial charge on any atom is -0.493 e. The van der Waals surface area contributed by atoms with E-state index in [0.717, 1.165) is 12.2 Å². The minimum absolute atomic E-state index is 0.0138. The van der Waals surface area contributed by atoms with E-state index in [1.807, 2.05) is 24.3 Å². The van der Waals surface area contributed by atoms with Crippen molar-refractivity contribution in [2.45, 2.75) is 37.8 Å². The summed E-state index contributed by atoms with van der Waals surface area (Å²) < 4.78 is 17.2. The molecule has 1 fully saturated rings. The van der Waals surface area contributed by atoms with Gasteiger partial charge in [0.1, 0.15) is 11.9 Å². The number of hydrogen-bond acceptors (Lipinski definition) is 4. The van der Waals surface area contributed by atoms with Crippen LogP contribution >= 0.6 is 0 Å². The molecule has 26 heavy (non-hydrogen) atoms. The number of rotatable bonds is 7. The lowest BCUT2D eigenvalue weighted by Crippen LogP contribution is -2.37.